The van der Waals surface area contributed by atoms with Gasteiger partial charge in [-0.15, -0.1) is 0 Å². The first-order valence-corrected chi connectivity index (χ1v) is 8.24. The molecule has 1 N–H and O–H groups in total. The van der Waals surface area contributed by atoms with Crippen LogP contribution >= 0.6 is 0 Å². The zero-order valence-corrected chi connectivity index (χ0v) is 14.4. The molecule has 7 nitrogen and oxygen atoms in total. The number of benzene rings is 1. The topological polar surface area (TPSA) is 82.5 Å². The molecule has 1 aromatic carbocycles. The molecule has 0 bridgehead atoms. The van der Waals surface area contributed by atoms with Gasteiger partial charge in [0.25, 0.3) is 0 Å². The van der Waals surface area contributed by atoms with Gasteiger partial charge in [-0.3, -0.25) is 9.36 Å². The minimum Gasteiger partial charge on any atom is -0.373 e. The summed E-state index contributed by atoms with van der Waals surface area (Å²) < 4.78 is 27.0. The smallest absolute Gasteiger partial charge is 0.351 e. The Hall–Kier alpha value is -2.58. The van der Waals surface area contributed by atoms with E-state index in [9.17, 15) is 14.0 Å². The lowest BCUT2D eigenvalue weighted by Crippen LogP contribution is -2.31. The summed E-state index contributed by atoms with van der Waals surface area (Å²) in [6, 6.07) is 11.0. The minimum absolute atomic E-state index is 0.0111. The maximum absolute atomic E-state index is 14.9. The Morgan fingerprint density at radius 1 is 1.42 bits per heavy atom. The van der Waals surface area contributed by atoms with E-state index in [1.54, 1.807) is 0 Å². The van der Waals surface area contributed by atoms with Crippen molar-refractivity contribution < 1.29 is 18.7 Å². The maximum atomic E-state index is 14.9. The molecule has 0 radical (unpaired) electrons. The summed E-state index contributed by atoms with van der Waals surface area (Å²) in [6.07, 6.45) is 0.664. The monoisotopic (exact) mass is 361 g/mol. The maximum Gasteiger partial charge on any atom is 0.351 e. The molecule has 2 heterocycles. The average molecular weight is 361 g/mol. The molecule has 1 amide bonds. The van der Waals surface area contributed by atoms with E-state index < -0.39 is 17.6 Å². The summed E-state index contributed by atoms with van der Waals surface area (Å²) in [6.45, 7) is 1.35. The third-order valence-corrected chi connectivity index (χ3v) is 3.99. The van der Waals surface area contributed by atoms with Gasteiger partial charge in [0.2, 0.25) is 5.91 Å². The molecule has 8 heteroatoms. The van der Waals surface area contributed by atoms with Gasteiger partial charge in [0.1, 0.15) is 12.0 Å². The quantitative estimate of drug-likeness (QED) is 0.851. The first-order valence-electron chi connectivity index (χ1n) is 8.24. The van der Waals surface area contributed by atoms with Gasteiger partial charge in [-0.1, -0.05) is 30.3 Å². The number of nitrogens with one attached hydrogen (secondary N) is 1. The van der Waals surface area contributed by atoms with Crippen LogP contribution in [0.5, 0.6) is 0 Å². The number of carbonyl (C=O) groups excluding carboxylic acids is 1. The predicted octanol–water partition coefficient (Wildman–Crippen LogP) is 2.05. The molecule has 1 fully saturated rings. The van der Waals surface area contributed by atoms with Crippen molar-refractivity contribution in [1.29, 1.82) is 0 Å². The van der Waals surface area contributed by atoms with Crippen molar-refractivity contribution in [3.8, 4) is 0 Å². The van der Waals surface area contributed by atoms with Gasteiger partial charge in [0.05, 0.1) is 19.8 Å². The number of alkyl halides is 1. The van der Waals surface area contributed by atoms with Gasteiger partial charge < -0.3 is 14.8 Å². The van der Waals surface area contributed by atoms with Crippen LogP contribution in [-0.4, -0.2) is 34.3 Å². The zero-order valence-electron chi connectivity index (χ0n) is 14.4. The fraction of sp³-hybridized carbons (Fsp3) is 0.389. The third-order valence-electron chi connectivity index (χ3n) is 3.99. The third kappa shape index (κ3) is 4.53. The lowest BCUT2D eigenvalue weighted by molar-refractivity contribution is -0.114. The first-order chi connectivity index (χ1) is 12.5. The van der Waals surface area contributed by atoms with E-state index in [1.165, 1.54) is 23.8 Å². The molecule has 2 aromatic rings. The highest BCUT2D eigenvalue weighted by molar-refractivity contribution is 5.87. The molecule has 1 aliphatic heterocycles. The number of hydrogen-bond acceptors (Lipinski definition) is 5. The second-order valence-corrected chi connectivity index (χ2v) is 6.28. The molecule has 2 atom stereocenters. The van der Waals surface area contributed by atoms with Crippen LogP contribution in [0.25, 0.3) is 0 Å². The van der Waals surface area contributed by atoms with E-state index in [-0.39, 0.29) is 31.4 Å². The second kappa shape index (κ2) is 7.76. The highest BCUT2D eigenvalue weighted by Gasteiger charge is 2.42. The summed E-state index contributed by atoms with van der Waals surface area (Å²) in [4.78, 5) is 26.8. The summed E-state index contributed by atoms with van der Waals surface area (Å²) in [7, 11) is 0. The molecule has 0 unspecified atom stereocenters. The van der Waals surface area contributed by atoms with Crippen LogP contribution in [0, 0.1) is 0 Å². The van der Waals surface area contributed by atoms with Crippen molar-refractivity contribution in [3.05, 3.63) is 58.6 Å². The van der Waals surface area contributed by atoms with Gasteiger partial charge in [-0.25, -0.2) is 9.18 Å². The van der Waals surface area contributed by atoms with Gasteiger partial charge in [-0.2, -0.15) is 4.98 Å². The number of carbonyl (C=O) groups is 1. The summed E-state index contributed by atoms with van der Waals surface area (Å²) >= 11 is 0. The van der Waals surface area contributed by atoms with Crippen LogP contribution in [0.4, 0.5) is 10.2 Å². The molecule has 26 heavy (non-hydrogen) atoms. The number of amides is 1. The average Bonchev–Trinajstić information content (AvgIpc) is 2.97. The number of ether oxygens (including phenoxy) is 2. The van der Waals surface area contributed by atoms with Gasteiger partial charge in [0, 0.05) is 19.5 Å². The summed E-state index contributed by atoms with van der Waals surface area (Å²) in [5.74, 6) is -0.181. The van der Waals surface area contributed by atoms with E-state index in [2.05, 4.69) is 10.3 Å². The number of halogens is 1. The molecule has 1 saturated heterocycles. The highest BCUT2D eigenvalue weighted by Crippen LogP contribution is 2.34. The fourth-order valence-electron chi connectivity index (χ4n) is 2.76. The molecule has 3 rings (SSSR count). The predicted molar refractivity (Wildman–Crippen MR) is 92.3 cm³/mol. The number of rotatable bonds is 6. The standard InChI is InChI=1S/C18H20FN3O4/c1-13(23)20-15-7-8-22(17(24)21-15)16-9-18(19,12-26-16)11-25-10-14-5-3-2-4-6-14/h2-8,16H,9-12H2,1H3,(H,20,21,23,24)/t16-,18-/m0/s1. The van der Waals surface area contributed by atoms with Crippen molar-refractivity contribution >= 4 is 11.7 Å². The highest BCUT2D eigenvalue weighted by atomic mass is 19.1. The van der Waals surface area contributed by atoms with Crippen LogP contribution in [0.1, 0.15) is 25.1 Å². The van der Waals surface area contributed by atoms with E-state index in [4.69, 9.17) is 9.47 Å². The van der Waals surface area contributed by atoms with Crippen molar-refractivity contribution in [3.63, 3.8) is 0 Å². The van der Waals surface area contributed by atoms with Gasteiger partial charge >= 0.3 is 5.69 Å². The lowest BCUT2D eigenvalue weighted by Gasteiger charge is -2.18. The van der Waals surface area contributed by atoms with Gasteiger partial charge in [0.15, 0.2) is 5.67 Å². The normalized spacial score (nSPS) is 22.3. The lowest BCUT2D eigenvalue weighted by atomic mass is 10.1. The fourth-order valence-corrected chi connectivity index (χ4v) is 2.76. The van der Waals surface area contributed by atoms with E-state index in [0.717, 1.165) is 5.56 Å². The molecule has 0 aliphatic carbocycles. The van der Waals surface area contributed by atoms with Crippen LogP contribution in [-0.2, 0) is 20.9 Å². The van der Waals surface area contributed by atoms with Gasteiger partial charge in [-0.05, 0) is 11.6 Å². The Bertz CT molecular complexity index is 827. The van der Waals surface area contributed by atoms with E-state index >= 15 is 0 Å². The summed E-state index contributed by atoms with van der Waals surface area (Å²) in [5.41, 5.74) is -1.33. The minimum atomic E-state index is -1.67. The second-order valence-electron chi connectivity index (χ2n) is 6.28. The Morgan fingerprint density at radius 2 is 2.19 bits per heavy atom. The van der Waals surface area contributed by atoms with E-state index in [0.29, 0.717) is 6.61 Å². The first kappa shape index (κ1) is 18.2. The van der Waals surface area contributed by atoms with Crippen LogP contribution in [0.15, 0.2) is 47.4 Å². The Labute approximate surface area is 149 Å². The molecule has 0 spiro atoms. The van der Waals surface area contributed by atoms with E-state index in [1.807, 2.05) is 30.3 Å². The summed E-state index contributed by atoms with van der Waals surface area (Å²) in [5, 5.41) is 2.42. The molecule has 1 aliphatic rings. The number of nitrogens with zero attached hydrogens (tertiary/aromatic N) is 2. The van der Waals surface area contributed by atoms with Crippen molar-refractivity contribution in [2.75, 3.05) is 18.5 Å². The largest absolute Gasteiger partial charge is 0.373 e. The number of aromatic nitrogens is 2. The van der Waals surface area contributed by atoms with Crippen molar-refractivity contribution in [1.82, 2.24) is 9.55 Å². The Balaban J connectivity index is 1.58. The van der Waals surface area contributed by atoms with Crippen LogP contribution in [0.3, 0.4) is 0 Å². The molecule has 1 aromatic heterocycles. The molecular formula is C18H20FN3O4. The SMILES string of the molecule is CC(=O)Nc1ccn([C@@H]2C[C@](F)(COCc3ccccc3)CO2)c(=O)n1. The molecule has 0 saturated carbocycles. The molecular weight excluding hydrogens is 341 g/mol. The molecule has 138 valence electrons. The number of hydrogen-bond donors (Lipinski definition) is 1. The number of anilines is 1. The van der Waals surface area contributed by atoms with Crippen LogP contribution in [0.2, 0.25) is 0 Å². The van der Waals surface area contributed by atoms with Crippen LogP contribution < -0.4 is 11.0 Å². The van der Waals surface area contributed by atoms with Crippen molar-refractivity contribution in [2.24, 2.45) is 0 Å². The Morgan fingerprint density at radius 3 is 2.88 bits per heavy atom. The van der Waals surface area contributed by atoms with Crippen molar-refractivity contribution in [2.45, 2.75) is 31.8 Å². The zero-order chi connectivity index (χ0) is 18.6. The Kier molecular flexibility index (Phi) is 5.43.